The minimum absolute atomic E-state index is 0.143. The molecule has 0 N–H and O–H groups in total. The summed E-state index contributed by atoms with van der Waals surface area (Å²) in [5, 5.41) is 9.90. The van der Waals surface area contributed by atoms with E-state index in [1.165, 1.54) is 11.1 Å². The molecule has 0 atom stereocenters. The van der Waals surface area contributed by atoms with Crippen LogP contribution in [0, 0.1) is 0 Å². The summed E-state index contributed by atoms with van der Waals surface area (Å²) in [6.07, 6.45) is 0. The highest BCUT2D eigenvalue weighted by Crippen LogP contribution is 2.34. The first-order valence-electron chi connectivity index (χ1n) is 10.9. The lowest BCUT2D eigenvalue weighted by molar-refractivity contribution is 0.355. The Labute approximate surface area is 199 Å². The largest absolute Gasteiger partial charge is 0.493 e. The quantitative estimate of drug-likeness (QED) is 0.294. The molecule has 0 unspecified atom stereocenters. The summed E-state index contributed by atoms with van der Waals surface area (Å²) in [4.78, 5) is 0. The maximum Gasteiger partial charge on any atom is 0.196 e. The minimum atomic E-state index is 0.143. The van der Waals surface area contributed by atoms with Gasteiger partial charge in [0, 0.05) is 17.4 Å². The van der Waals surface area contributed by atoms with Crippen molar-refractivity contribution >= 4 is 11.8 Å². The fourth-order valence-electron chi connectivity index (χ4n) is 3.58. The molecule has 0 saturated carbocycles. The van der Waals surface area contributed by atoms with Gasteiger partial charge in [-0.1, -0.05) is 87.1 Å². The van der Waals surface area contributed by atoms with Crippen LogP contribution in [0.25, 0.3) is 17.1 Å². The highest BCUT2D eigenvalue weighted by molar-refractivity contribution is 7.98. The second-order valence-electron chi connectivity index (χ2n) is 8.78. The van der Waals surface area contributed by atoms with E-state index in [0.717, 1.165) is 28.0 Å². The normalized spacial score (nSPS) is 11.4. The Bertz CT molecular complexity index is 1210. The van der Waals surface area contributed by atoms with E-state index in [9.17, 15) is 0 Å². The Morgan fingerprint density at radius 3 is 2.15 bits per heavy atom. The second-order valence-corrected chi connectivity index (χ2v) is 9.73. The number of nitrogens with zero attached hydrogens (tertiary/aromatic N) is 3. The second kappa shape index (κ2) is 9.71. The van der Waals surface area contributed by atoms with Crippen molar-refractivity contribution in [1.82, 2.24) is 14.8 Å². The molecule has 4 rings (SSSR count). The van der Waals surface area contributed by atoms with Gasteiger partial charge in [-0.3, -0.25) is 4.57 Å². The number of rotatable bonds is 7. The Morgan fingerprint density at radius 2 is 1.52 bits per heavy atom. The molecule has 0 fully saturated rings. The van der Waals surface area contributed by atoms with Crippen LogP contribution in [-0.4, -0.2) is 29.0 Å². The minimum Gasteiger partial charge on any atom is -0.493 e. The van der Waals surface area contributed by atoms with Crippen LogP contribution in [0.2, 0.25) is 0 Å². The first-order chi connectivity index (χ1) is 15.9. The van der Waals surface area contributed by atoms with Gasteiger partial charge in [-0.2, -0.15) is 0 Å². The zero-order chi connectivity index (χ0) is 23.4. The Balaban J connectivity index is 1.70. The van der Waals surface area contributed by atoms with E-state index in [0.29, 0.717) is 11.5 Å². The summed E-state index contributed by atoms with van der Waals surface area (Å²) in [7, 11) is 3.28. The molecule has 3 aromatic carbocycles. The summed E-state index contributed by atoms with van der Waals surface area (Å²) in [6.45, 7) is 6.69. The highest BCUT2D eigenvalue weighted by Gasteiger charge is 2.18. The molecule has 5 nitrogen and oxygen atoms in total. The summed E-state index contributed by atoms with van der Waals surface area (Å²) >= 11 is 1.66. The van der Waals surface area contributed by atoms with E-state index in [4.69, 9.17) is 9.47 Å². The van der Waals surface area contributed by atoms with Crippen molar-refractivity contribution in [3.05, 3.63) is 83.9 Å². The van der Waals surface area contributed by atoms with Crippen molar-refractivity contribution in [2.24, 2.45) is 0 Å². The van der Waals surface area contributed by atoms with Gasteiger partial charge >= 0.3 is 0 Å². The van der Waals surface area contributed by atoms with Crippen LogP contribution in [0.1, 0.15) is 31.9 Å². The van der Waals surface area contributed by atoms with E-state index in [1.54, 1.807) is 26.0 Å². The van der Waals surface area contributed by atoms with Gasteiger partial charge in [0.05, 0.1) is 19.9 Å². The van der Waals surface area contributed by atoms with E-state index >= 15 is 0 Å². The summed E-state index contributed by atoms with van der Waals surface area (Å²) in [6, 6.07) is 24.8. The van der Waals surface area contributed by atoms with Crippen molar-refractivity contribution < 1.29 is 9.47 Å². The Morgan fingerprint density at radius 1 is 0.818 bits per heavy atom. The van der Waals surface area contributed by atoms with E-state index in [-0.39, 0.29) is 5.41 Å². The van der Waals surface area contributed by atoms with Gasteiger partial charge in [0.15, 0.2) is 22.5 Å². The van der Waals surface area contributed by atoms with Gasteiger partial charge in [0.2, 0.25) is 0 Å². The van der Waals surface area contributed by atoms with Gasteiger partial charge < -0.3 is 9.47 Å². The molecular weight excluding hydrogens is 430 g/mol. The molecule has 0 bridgehead atoms. The third-order valence-corrected chi connectivity index (χ3v) is 6.48. The van der Waals surface area contributed by atoms with Crippen molar-refractivity contribution in [3.8, 4) is 28.6 Å². The van der Waals surface area contributed by atoms with E-state index < -0.39 is 0 Å². The highest BCUT2D eigenvalue weighted by atomic mass is 32.2. The smallest absolute Gasteiger partial charge is 0.196 e. The molecular formula is C27H29N3O2S. The average molecular weight is 460 g/mol. The van der Waals surface area contributed by atoms with Crippen LogP contribution < -0.4 is 9.47 Å². The number of ether oxygens (including phenoxy) is 2. The molecule has 0 radical (unpaired) electrons. The van der Waals surface area contributed by atoms with Crippen LogP contribution in [0.3, 0.4) is 0 Å². The molecule has 0 aliphatic carbocycles. The first kappa shape index (κ1) is 22.9. The van der Waals surface area contributed by atoms with Crippen molar-refractivity contribution in [3.63, 3.8) is 0 Å². The van der Waals surface area contributed by atoms with Crippen molar-refractivity contribution in [1.29, 1.82) is 0 Å². The predicted molar refractivity (Wildman–Crippen MR) is 135 cm³/mol. The number of hydrogen-bond donors (Lipinski definition) is 0. The first-order valence-corrected chi connectivity index (χ1v) is 11.8. The number of benzene rings is 3. The van der Waals surface area contributed by atoms with Crippen LogP contribution in [0.5, 0.6) is 11.5 Å². The van der Waals surface area contributed by atoms with Crippen molar-refractivity contribution in [2.75, 3.05) is 14.2 Å². The van der Waals surface area contributed by atoms with Crippen LogP contribution in [-0.2, 0) is 11.2 Å². The number of methoxy groups -OCH3 is 2. The monoisotopic (exact) mass is 459 g/mol. The fraction of sp³-hybridized carbons (Fsp3) is 0.259. The molecule has 0 aliphatic heterocycles. The molecule has 1 heterocycles. The molecule has 6 heteroatoms. The topological polar surface area (TPSA) is 49.2 Å². The summed E-state index contributed by atoms with van der Waals surface area (Å²) in [5.41, 5.74) is 4.64. The zero-order valence-corrected chi connectivity index (χ0v) is 20.5. The van der Waals surface area contributed by atoms with Gasteiger partial charge in [-0.25, -0.2) is 0 Å². The number of aromatic nitrogens is 3. The standard InChI is InChI=1S/C27H29N3O2S/c1-27(2,3)21-13-11-19(12-14-21)18-33-26-29-28-25(20-9-7-6-8-10-20)30(26)22-15-16-23(31-4)24(17-22)32-5/h6-17H,18H2,1-5H3. The molecule has 33 heavy (non-hydrogen) atoms. The number of hydrogen-bond acceptors (Lipinski definition) is 5. The average Bonchev–Trinajstić information content (AvgIpc) is 3.26. The third kappa shape index (κ3) is 5.06. The molecule has 0 aliphatic rings. The molecule has 170 valence electrons. The lowest BCUT2D eigenvalue weighted by atomic mass is 9.87. The maximum absolute atomic E-state index is 5.54. The van der Waals surface area contributed by atoms with Gasteiger partial charge in [0.1, 0.15) is 0 Å². The summed E-state index contributed by atoms with van der Waals surface area (Å²) < 4.78 is 13.0. The third-order valence-electron chi connectivity index (χ3n) is 5.48. The van der Waals surface area contributed by atoms with Crippen LogP contribution in [0.15, 0.2) is 78.0 Å². The zero-order valence-electron chi connectivity index (χ0n) is 19.7. The fourth-order valence-corrected chi connectivity index (χ4v) is 4.49. The van der Waals surface area contributed by atoms with Crippen molar-refractivity contribution in [2.45, 2.75) is 37.1 Å². The SMILES string of the molecule is COc1ccc(-n2c(SCc3ccc(C(C)(C)C)cc3)nnc2-c2ccccc2)cc1OC. The Kier molecular flexibility index (Phi) is 6.75. The number of thioether (sulfide) groups is 1. The lowest BCUT2D eigenvalue weighted by Crippen LogP contribution is -2.10. The van der Waals surface area contributed by atoms with E-state index in [1.807, 2.05) is 48.5 Å². The predicted octanol–water partition coefficient (Wildman–Crippen LogP) is 6.54. The molecule has 1 aromatic heterocycles. The van der Waals surface area contributed by atoms with Gasteiger partial charge in [0.25, 0.3) is 0 Å². The summed E-state index contributed by atoms with van der Waals surface area (Å²) in [5.74, 6) is 2.93. The van der Waals surface area contributed by atoms with Crippen LogP contribution in [0.4, 0.5) is 0 Å². The molecule has 0 spiro atoms. The molecule has 4 aromatic rings. The lowest BCUT2D eigenvalue weighted by Gasteiger charge is -2.19. The molecule has 0 saturated heterocycles. The van der Waals surface area contributed by atoms with Crippen LogP contribution >= 0.6 is 11.8 Å². The Hall–Kier alpha value is -3.25. The van der Waals surface area contributed by atoms with Gasteiger partial charge in [-0.15, -0.1) is 10.2 Å². The van der Waals surface area contributed by atoms with Gasteiger partial charge in [-0.05, 0) is 28.7 Å². The van der Waals surface area contributed by atoms with E-state index in [2.05, 4.69) is 59.8 Å². The molecule has 0 amide bonds. The maximum atomic E-state index is 5.54.